The standard InChI is InChI=1S/C13H19N3O/c1-14-9-15(2)8-10-4-5-12-11(6-10)7-13(17)16(12)3/h4-6,14H,7-9H2,1-3H3. The number of benzene rings is 1. The van der Waals surface area contributed by atoms with Crippen LogP contribution in [0.25, 0.3) is 0 Å². The Kier molecular flexibility index (Phi) is 3.45. The SMILES string of the molecule is CNCN(C)Cc1ccc2c(c1)CC(=O)N2C. The predicted molar refractivity (Wildman–Crippen MR) is 68.9 cm³/mol. The highest BCUT2D eigenvalue weighted by atomic mass is 16.2. The molecule has 1 aliphatic rings. The number of hydrogen-bond donors (Lipinski definition) is 1. The van der Waals surface area contributed by atoms with E-state index in [0.29, 0.717) is 6.42 Å². The maximum absolute atomic E-state index is 11.6. The largest absolute Gasteiger partial charge is 0.315 e. The van der Waals surface area contributed by atoms with E-state index in [4.69, 9.17) is 0 Å². The highest BCUT2D eigenvalue weighted by molar-refractivity contribution is 6.00. The van der Waals surface area contributed by atoms with Gasteiger partial charge in [0.1, 0.15) is 0 Å². The quantitative estimate of drug-likeness (QED) is 0.782. The van der Waals surface area contributed by atoms with Crippen molar-refractivity contribution in [3.8, 4) is 0 Å². The normalized spacial score (nSPS) is 14.6. The van der Waals surface area contributed by atoms with Crippen LogP contribution < -0.4 is 10.2 Å². The van der Waals surface area contributed by atoms with Crippen molar-refractivity contribution < 1.29 is 4.79 Å². The van der Waals surface area contributed by atoms with Crippen molar-refractivity contribution in [2.75, 3.05) is 32.7 Å². The minimum Gasteiger partial charge on any atom is -0.315 e. The van der Waals surface area contributed by atoms with Gasteiger partial charge in [-0.25, -0.2) is 0 Å². The van der Waals surface area contributed by atoms with Crippen LogP contribution in [0.15, 0.2) is 18.2 Å². The van der Waals surface area contributed by atoms with Gasteiger partial charge in [0, 0.05) is 25.9 Å². The van der Waals surface area contributed by atoms with E-state index in [9.17, 15) is 4.79 Å². The number of carbonyl (C=O) groups is 1. The summed E-state index contributed by atoms with van der Waals surface area (Å²) >= 11 is 0. The van der Waals surface area contributed by atoms with Crippen LogP contribution in [0.3, 0.4) is 0 Å². The van der Waals surface area contributed by atoms with Crippen molar-refractivity contribution in [2.45, 2.75) is 13.0 Å². The summed E-state index contributed by atoms with van der Waals surface area (Å²) < 4.78 is 0. The van der Waals surface area contributed by atoms with Crippen molar-refractivity contribution in [3.05, 3.63) is 29.3 Å². The Morgan fingerprint density at radius 2 is 2.24 bits per heavy atom. The van der Waals surface area contributed by atoms with E-state index in [-0.39, 0.29) is 5.91 Å². The van der Waals surface area contributed by atoms with Crippen molar-refractivity contribution in [3.63, 3.8) is 0 Å². The molecule has 1 aliphatic heterocycles. The predicted octanol–water partition coefficient (Wildman–Crippen LogP) is 0.814. The van der Waals surface area contributed by atoms with Gasteiger partial charge in [0.05, 0.1) is 6.42 Å². The first-order chi connectivity index (χ1) is 8.11. The molecule has 2 rings (SSSR count). The number of hydrogen-bond acceptors (Lipinski definition) is 3. The Morgan fingerprint density at radius 1 is 1.47 bits per heavy atom. The Labute approximate surface area is 102 Å². The maximum atomic E-state index is 11.6. The summed E-state index contributed by atoms with van der Waals surface area (Å²) in [6.07, 6.45) is 0.537. The first kappa shape index (κ1) is 12.1. The summed E-state index contributed by atoms with van der Waals surface area (Å²) in [5, 5.41) is 3.12. The second kappa shape index (κ2) is 4.85. The number of anilines is 1. The molecule has 1 amide bonds. The molecule has 1 aromatic carbocycles. The molecule has 0 fully saturated rings. The summed E-state index contributed by atoms with van der Waals surface area (Å²) in [5.74, 6) is 0.181. The summed E-state index contributed by atoms with van der Waals surface area (Å²) in [6, 6.07) is 6.28. The fraction of sp³-hybridized carbons (Fsp3) is 0.462. The molecular weight excluding hydrogens is 214 g/mol. The first-order valence-electron chi connectivity index (χ1n) is 5.83. The summed E-state index contributed by atoms with van der Waals surface area (Å²) in [5.41, 5.74) is 3.45. The van der Waals surface area contributed by atoms with E-state index in [1.165, 1.54) is 5.56 Å². The average molecular weight is 233 g/mol. The van der Waals surface area contributed by atoms with Gasteiger partial charge in [-0.2, -0.15) is 0 Å². The van der Waals surface area contributed by atoms with E-state index in [1.807, 2.05) is 20.2 Å². The number of nitrogens with one attached hydrogen (secondary N) is 1. The van der Waals surface area contributed by atoms with Crippen molar-refractivity contribution in [2.24, 2.45) is 0 Å². The molecule has 0 saturated heterocycles. The highest BCUT2D eigenvalue weighted by Crippen LogP contribution is 2.28. The van der Waals surface area contributed by atoms with Gasteiger partial charge < -0.3 is 10.2 Å². The lowest BCUT2D eigenvalue weighted by Crippen LogP contribution is -2.28. The number of rotatable bonds is 4. The Morgan fingerprint density at radius 3 is 2.94 bits per heavy atom. The molecule has 0 bridgehead atoms. The molecule has 4 heteroatoms. The fourth-order valence-electron chi connectivity index (χ4n) is 2.26. The molecule has 0 spiro atoms. The number of fused-ring (bicyclic) bond motifs is 1. The van der Waals surface area contributed by atoms with Crippen LogP contribution in [0.5, 0.6) is 0 Å². The van der Waals surface area contributed by atoms with E-state index in [0.717, 1.165) is 24.5 Å². The van der Waals surface area contributed by atoms with Gasteiger partial charge in [0.2, 0.25) is 5.91 Å². The average Bonchev–Trinajstić information content (AvgIpc) is 2.55. The molecule has 1 heterocycles. The van der Waals surface area contributed by atoms with Gasteiger partial charge in [-0.1, -0.05) is 12.1 Å². The van der Waals surface area contributed by atoms with Crippen LogP contribution in [0.2, 0.25) is 0 Å². The molecule has 17 heavy (non-hydrogen) atoms. The van der Waals surface area contributed by atoms with Gasteiger partial charge in [0.25, 0.3) is 0 Å². The van der Waals surface area contributed by atoms with Crippen molar-refractivity contribution in [1.29, 1.82) is 0 Å². The van der Waals surface area contributed by atoms with E-state index >= 15 is 0 Å². The second-order valence-corrected chi connectivity index (χ2v) is 4.62. The second-order valence-electron chi connectivity index (χ2n) is 4.62. The molecule has 0 radical (unpaired) electrons. The molecule has 0 unspecified atom stereocenters. The van der Waals surface area contributed by atoms with Crippen LogP contribution in [-0.4, -0.2) is 38.6 Å². The van der Waals surface area contributed by atoms with Crippen molar-refractivity contribution in [1.82, 2.24) is 10.2 Å². The van der Waals surface area contributed by atoms with E-state index < -0.39 is 0 Å². The lowest BCUT2D eigenvalue weighted by Gasteiger charge is -2.17. The number of likely N-dealkylation sites (N-methyl/N-ethyl adjacent to an activating group) is 1. The van der Waals surface area contributed by atoms with Gasteiger partial charge in [0.15, 0.2) is 0 Å². The smallest absolute Gasteiger partial charge is 0.231 e. The molecule has 92 valence electrons. The Hall–Kier alpha value is -1.39. The molecular formula is C13H19N3O. The molecule has 0 saturated carbocycles. The number of carbonyl (C=O) groups excluding carboxylic acids is 1. The zero-order valence-corrected chi connectivity index (χ0v) is 10.7. The summed E-state index contributed by atoms with van der Waals surface area (Å²) in [4.78, 5) is 15.5. The minimum absolute atomic E-state index is 0.181. The number of nitrogens with zero attached hydrogens (tertiary/aromatic N) is 2. The maximum Gasteiger partial charge on any atom is 0.231 e. The molecule has 0 atom stereocenters. The van der Waals surface area contributed by atoms with Crippen molar-refractivity contribution >= 4 is 11.6 Å². The molecule has 0 aliphatic carbocycles. The molecule has 1 N–H and O–H groups in total. The molecule has 1 aromatic rings. The van der Waals surface area contributed by atoms with Gasteiger partial charge >= 0.3 is 0 Å². The van der Waals surface area contributed by atoms with E-state index in [1.54, 1.807) is 4.90 Å². The van der Waals surface area contributed by atoms with E-state index in [2.05, 4.69) is 29.4 Å². The van der Waals surface area contributed by atoms with Gasteiger partial charge in [-0.05, 0) is 31.3 Å². The molecule has 4 nitrogen and oxygen atoms in total. The van der Waals surface area contributed by atoms with Gasteiger partial charge in [-0.3, -0.25) is 9.69 Å². The fourth-order valence-corrected chi connectivity index (χ4v) is 2.26. The Balaban J connectivity index is 2.13. The lowest BCUT2D eigenvalue weighted by atomic mass is 10.1. The number of amides is 1. The molecule has 0 aromatic heterocycles. The summed E-state index contributed by atoms with van der Waals surface area (Å²) in [6.45, 7) is 1.75. The van der Waals surface area contributed by atoms with Crippen LogP contribution >= 0.6 is 0 Å². The minimum atomic E-state index is 0.181. The summed E-state index contributed by atoms with van der Waals surface area (Å²) in [7, 11) is 5.84. The monoisotopic (exact) mass is 233 g/mol. The van der Waals surface area contributed by atoms with Crippen LogP contribution in [0.1, 0.15) is 11.1 Å². The third-order valence-electron chi connectivity index (χ3n) is 3.10. The zero-order valence-electron chi connectivity index (χ0n) is 10.7. The van der Waals surface area contributed by atoms with Crippen LogP contribution in [0.4, 0.5) is 5.69 Å². The first-order valence-corrected chi connectivity index (χ1v) is 5.83. The third kappa shape index (κ3) is 2.48. The zero-order chi connectivity index (χ0) is 12.4. The third-order valence-corrected chi connectivity index (χ3v) is 3.10. The lowest BCUT2D eigenvalue weighted by molar-refractivity contribution is -0.117. The Bertz CT molecular complexity index is 431. The topological polar surface area (TPSA) is 35.6 Å². The van der Waals surface area contributed by atoms with Crippen LogP contribution in [-0.2, 0) is 17.8 Å². The van der Waals surface area contributed by atoms with Crippen LogP contribution in [0, 0.1) is 0 Å². The highest BCUT2D eigenvalue weighted by Gasteiger charge is 2.23. The van der Waals surface area contributed by atoms with Gasteiger partial charge in [-0.15, -0.1) is 0 Å².